The van der Waals surface area contributed by atoms with Gasteiger partial charge >= 0.3 is 6.36 Å². The van der Waals surface area contributed by atoms with E-state index in [0.717, 1.165) is 44.2 Å². The Morgan fingerprint density at radius 2 is 1.80 bits per heavy atom. The minimum atomic E-state index is -4.97. The summed E-state index contributed by atoms with van der Waals surface area (Å²) in [5.74, 6) is -0.661. The number of hydrogen-bond donors (Lipinski definition) is 2. The number of ether oxygens (including phenoxy) is 1. The van der Waals surface area contributed by atoms with Crippen LogP contribution in [0.4, 0.5) is 13.2 Å². The molecular weight excluding hydrogens is 381 g/mol. The van der Waals surface area contributed by atoms with E-state index < -0.39 is 33.1 Å². The SMILES string of the molecule is Cl.NCC(NS(=O)(=O)c1ccccc1OC(F)(F)F)C1CCCCC1. The Morgan fingerprint density at radius 1 is 1.20 bits per heavy atom. The lowest BCUT2D eigenvalue weighted by Gasteiger charge is -2.30. The Morgan fingerprint density at radius 3 is 2.36 bits per heavy atom. The number of nitrogens with one attached hydrogen (secondary N) is 1. The van der Waals surface area contributed by atoms with Gasteiger partial charge in [0.2, 0.25) is 10.0 Å². The first-order valence-electron chi connectivity index (χ1n) is 7.80. The normalized spacial score (nSPS) is 17.6. The van der Waals surface area contributed by atoms with Crippen LogP contribution in [0.15, 0.2) is 29.2 Å². The second-order valence-electron chi connectivity index (χ2n) is 5.86. The Labute approximate surface area is 151 Å². The van der Waals surface area contributed by atoms with Gasteiger partial charge in [-0.25, -0.2) is 13.1 Å². The highest BCUT2D eigenvalue weighted by Crippen LogP contribution is 2.31. The van der Waals surface area contributed by atoms with Crippen molar-refractivity contribution >= 4 is 22.4 Å². The van der Waals surface area contributed by atoms with Gasteiger partial charge in [-0.15, -0.1) is 25.6 Å². The third-order valence-corrected chi connectivity index (χ3v) is 5.67. The van der Waals surface area contributed by atoms with Crippen molar-refractivity contribution in [2.75, 3.05) is 6.54 Å². The summed E-state index contributed by atoms with van der Waals surface area (Å²) in [6.07, 6.45) is -0.172. The van der Waals surface area contributed by atoms with Crippen LogP contribution in [0, 0.1) is 5.92 Å². The van der Waals surface area contributed by atoms with Gasteiger partial charge in [-0.05, 0) is 30.9 Å². The van der Waals surface area contributed by atoms with Gasteiger partial charge in [-0.2, -0.15) is 0 Å². The summed E-state index contributed by atoms with van der Waals surface area (Å²) < 4.78 is 68.8. The maximum atomic E-state index is 12.5. The lowest BCUT2D eigenvalue weighted by atomic mass is 9.84. The molecule has 0 heterocycles. The van der Waals surface area contributed by atoms with Crippen LogP contribution >= 0.6 is 12.4 Å². The van der Waals surface area contributed by atoms with Crippen LogP contribution in [0.1, 0.15) is 32.1 Å². The Hall–Kier alpha value is -1.03. The number of benzene rings is 1. The average molecular weight is 403 g/mol. The maximum absolute atomic E-state index is 12.5. The maximum Gasteiger partial charge on any atom is 0.573 e. The molecule has 3 N–H and O–H groups in total. The predicted octanol–water partition coefficient (Wildman–Crippen LogP) is 3.19. The molecule has 1 fully saturated rings. The topological polar surface area (TPSA) is 81.4 Å². The van der Waals surface area contributed by atoms with E-state index in [9.17, 15) is 21.6 Å². The van der Waals surface area contributed by atoms with Crippen LogP contribution < -0.4 is 15.2 Å². The van der Waals surface area contributed by atoms with Gasteiger partial charge in [0.05, 0.1) is 0 Å². The van der Waals surface area contributed by atoms with Crippen molar-refractivity contribution in [1.29, 1.82) is 0 Å². The molecule has 1 unspecified atom stereocenters. The number of sulfonamides is 1. The molecule has 144 valence electrons. The highest BCUT2D eigenvalue weighted by molar-refractivity contribution is 7.89. The molecule has 5 nitrogen and oxygen atoms in total. The van der Waals surface area contributed by atoms with Crippen molar-refractivity contribution in [2.24, 2.45) is 11.7 Å². The molecule has 0 spiro atoms. The van der Waals surface area contributed by atoms with Gasteiger partial charge in [0.1, 0.15) is 10.6 Å². The number of hydrogen-bond acceptors (Lipinski definition) is 4. The van der Waals surface area contributed by atoms with Crippen molar-refractivity contribution in [3.05, 3.63) is 24.3 Å². The van der Waals surface area contributed by atoms with Gasteiger partial charge in [0.25, 0.3) is 0 Å². The molecule has 10 heteroatoms. The molecule has 0 saturated heterocycles. The number of halogens is 4. The molecule has 1 aliphatic rings. The van der Waals surface area contributed by atoms with Crippen LogP contribution in [-0.4, -0.2) is 27.4 Å². The van der Waals surface area contributed by atoms with E-state index in [1.807, 2.05) is 0 Å². The summed E-state index contributed by atoms with van der Waals surface area (Å²) in [5, 5.41) is 0. The highest BCUT2D eigenvalue weighted by Gasteiger charge is 2.35. The van der Waals surface area contributed by atoms with Gasteiger partial charge in [-0.1, -0.05) is 31.4 Å². The fourth-order valence-electron chi connectivity index (χ4n) is 3.02. The van der Waals surface area contributed by atoms with E-state index in [1.165, 1.54) is 12.1 Å². The van der Waals surface area contributed by atoms with Crippen molar-refractivity contribution in [1.82, 2.24) is 4.72 Å². The fourth-order valence-corrected chi connectivity index (χ4v) is 4.46. The third kappa shape index (κ3) is 6.32. The minimum absolute atomic E-state index is 0. The molecule has 1 aliphatic carbocycles. The molecule has 1 atom stereocenters. The van der Waals surface area contributed by atoms with Crippen LogP contribution in [0.2, 0.25) is 0 Å². The Kier molecular flexibility index (Phi) is 7.98. The molecule has 0 aliphatic heterocycles. The first kappa shape index (κ1) is 22.0. The summed E-state index contributed by atoms with van der Waals surface area (Å²) in [4.78, 5) is -0.545. The third-order valence-electron chi connectivity index (χ3n) is 4.14. The summed E-state index contributed by atoms with van der Waals surface area (Å²) in [7, 11) is -4.18. The number of alkyl halides is 3. The number of para-hydroxylation sites is 1. The van der Waals surface area contributed by atoms with E-state index in [4.69, 9.17) is 5.73 Å². The standard InChI is InChI=1S/C15H21F3N2O3S.ClH/c16-15(17,18)23-13-8-4-5-9-14(13)24(21,22)20-12(10-19)11-6-2-1-3-7-11;/h4-5,8-9,11-12,20H,1-3,6-7,10,19H2;1H. The van der Waals surface area contributed by atoms with E-state index in [0.29, 0.717) is 0 Å². The lowest BCUT2D eigenvalue weighted by Crippen LogP contribution is -2.45. The number of rotatable bonds is 6. The highest BCUT2D eigenvalue weighted by atomic mass is 35.5. The Bertz CT molecular complexity index is 650. The monoisotopic (exact) mass is 402 g/mol. The molecule has 0 radical (unpaired) electrons. The van der Waals surface area contributed by atoms with E-state index >= 15 is 0 Å². The zero-order chi connectivity index (χ0) is 17.8. The molecule has 1 aromatic carbocycles. The van der Waals surface area contributed by atoms with Crippen LogP contribution in [0.3, 0.4) is 0 Å². The zero-order valence-electron chi connectivity index (χ0n) is 13.5. The molecule has 0 bridgehead atoms. The van der Waals surface area contributed by atoms with E-state index in [-0.39, 0.29) is 24.9 Å². The fraction of sp³-hybridized carbons (Fsp3) is 0.600. The van der Waals surface area contributed by atoms with Crippen molar-refractivity contribution in [3.63, 3.8) is 0 Å². The molecule has 2 rings (SSSR count). The van der Waals surface area contributed by atoms with Crippen molar-refractivity contribution in [2.45, 2.75) is 49.4 Å². The smallest absolute Gasteiger partial charge is 0.404 e. The van der Waals surface area contributed by atoms with Crippen LogP contribution in [-0.2, 0) is 10.0 Å². The summed E-state index contributed by atoms with van der Waals surface area (Å²) in [5.41, 5.74) is 5.69. The molecule has 1 saturated carbocycles. The summed E-state index contributed by atoms with van der Waals surface area (Å²) in [6, 6.07) is 4.17. The zero-order valence-corrected chi connectivity index (χ0v) is 15.1. The molecule has 0 amide bonds. The minimum Gasteiger partial charge on any atom is -0.404 e. The second kappa shape index (κ2) is 9.07. The molecular formula is C15H22ClF3N2O3S. The van der Waals surface area contributed by atoms with Gasteiger partial charge in [0, 0.05) is 12.6 Å². The Balaban J connectivity index is 0.00000312. The number of nitrogens with two attached hydrogens (primary N) is 1. The summed E-state index contributed by atoms with van der Waals surface area (Å²) >= 11 is 0. The molecule has 1 aromatic rings. The largest absolute Gasteiger partial charge is 0.573 e. The van der Waals surface area contributed by atoms with Crippen LogP contribution in [0.5, 0.6) is 5.75 Å². The lowest BCUT2D eigenvalue weighted by molar-refractivity contribution is -0.275. The quantitative estimate of drug-likeness (QED) is 0.765. The second-order valence-corrected chi connectivity index (χ2v) is 7.54. The van der Waals surface area contributed by atoms with Crippen molar-refractivity contribution < 1.29 is 26.3 Å². The first-order chi connectivity index (χ1) is 11.2. The predicted molar refractivity (Wildman–Crippen MR) is 90.1 cm³/mol. The van der Waals surface area contributed by atoms with Crippen molar-refractivity contribution in [3.8, 4) is 5.75 Å². The molecule has 25 heavy (non-hydrogen) atoms. The molecule has 0 aromatic heterocycles. The van der Waals surface area contributed by atoms with Gasteiger partial charge < -0.3 is 10.5 Å². The van der Waals surface area contributed by atoms with Gasteiger partial charge in [-0.3, -0.25) is 0 Å². The average Bonchev–Trinajstić information content (AvgIpc) is 2.52. The summed E-state index contributed by atoms with van der Waals surface area (Å²) in [6.45, 7) is 0.0895. The van der Waals surface area contributed by atoms with E-state index in [1.54, 1.807) is 0 Å². The van der Waals surface area contributed by atoms with Gasteiger partial charge in [0.15, 0.2) is 0 Å². The first-order valence-corrected chi connectivity index (χ1v) is 9.28. The van der Waals surface area contributed by atoms with Crippen LogP contribution in [0.25, 0.3) is 0 Å². The van der Waals surface area contributed by atoms with E-state index in [2.05, 4.69) is 9.46 Å².